The maximum absolute atomic E-state index is 13.0. The highest BCUT2D eigenvalue weighted by Gasteiger charge is 2.32. The van der Waals surface area contributed by atoms with Crippen LogP contribution in [0.5, 0.6) is 5.75 Å². The van der Waals surface area contributed by atoms with Crippen LogP contribution in [-0.4, -0.2) is 70.5 Å². The van der Waals surface area contributed by atoms with E-state index in [9.17, 15) is 34.2 Å². The number of aliphatic carboxylic acids is 1. The second-order valence-electron chi connectivity index (χ2n) is 9.12. The number of phenolic OH excluding ortho intramolecular Hbond substituents is 1. The third-order valence-corrected chi connectivity index (χ3v) is 5.58. The van der Waals surface area contributed by atoms with Crippen LogP contribution >= 0.6 is 0 Å². The van der Waals surface area contributed by atoms with Crippen molar-refractivity contribution in [2.24, 2.45) is 23.1 Å². The van der Waals surface area contributed by atoms with Crippen molar-refractivity contribution in [3.8, 4) is 5.75 Å². The summed E-state index contributed by atoms with van der Waals surface area (Å²) < 4.78 is 0. The van der Waals surface area contributed by atoms with Gasteiger partial charge in [-0.05, 0) is 55.8 Å². The minimum Gasteiger partial charge on any atom is -0.508 e. The van der Waals surface area contributed by atoms with Crippen molar-refractivity contribution in [1.29, 1.82) is 0 Å². The van der Waals surface area contributed by atoms with Crippen molar-refractivity contribution in [2.45, 2.75) is 70.1 Å². The second-order valence-corrected chi connectivity index (χ2v) is 9.12. The molecule has 1 rings (SSSR count). The summed E-state index contributed by atoms with van der Waals surface area (Å²) in [5.41, 5.74) is 17.3. The van der Waals surface area contributed by atoms with Crippen molar-refractivity contribution in [3.05, 3.63) is 29.8 Å². The van der Waals surface area contributed by atoms with Gasteiger partial charge in [-0.3, -0.25) is 19.2 Å². The molecule has 37 heavy (non-hydrogen) atoms. The summed E-state index contributed by atoms with van der Waals surface area (Å²) in [7, 11) is 0. The lowest BCUT2D eigenvalue weighted by molar-refractivity contribution is -0.143. The van der Waals surface area contributed by atoms with Crippen LogP contribution in [0.1, 0.15) is 45.1 Å². The first kappa shape index (κ1) is 31.3. The summed E-state index contributed by atoms with van der Waals surface area (Å²) in [6.07, 6.45) is 0.787. The molecule has 0 aromatic heterocycles. The molecule has 0 spiro atoms. The van der Waals surface area contributed by atoms with E-state index in [0.29, 0.717) is 24.9 Å². The summed E-state index contributed by atoms with van der Waals surface area (Å²) in [6, 6.07) is 1.23. The Morgan fingerprint density at radius 1 is 0.892 bits per heavy atom. The second kappa shape index (κ2) is 15.4. The number of carbonyl (C=O) groups excluding carboxylic acids is 4. The Kier molecular flexibility index (Phi) is 13.0. The van der Waals surface area contributed by atoms with Gasteiger partial charge in [0.25, 0.3) is 0 Å². The SMILES string of the molecule is CC(C)C(NC(=O)C(CC(N)=O)NC(=O)C(N)Cc1ccc(O)cc1)C(=O)NC(CCCCN)C(=O)O. The molecule has 0 saturated carbocycles. The molecule has 0 bridgehead atoms. The Morgan fingerprint density at radius 2 is 1.49 bits per heavy atom. The first-order chi connectivity index (χ1) is 17.3. The molecule has 4 unspecified atom stereocenters. The fourth-order valence-electron chi connectivity index (χ4n) is 3.47. The standard InChI is InChI=1S/C24H38N6O7/c1-13(2)20(23(35)28-17(24(36)37)5-3-4-10-25)30-22(34)18(12-19(27)32)29-21(33)16(26)11-14-6-8-15(31)9-7-14/h6-9,13,16-18,20,31H,3-5,10-12,25-26H2,1-2H3,(H2,27,32)(H,28,35)(H,29,33)(H,30,34)(H,36,37). The molecule has 0 aliphatic rings. The molecule has 1 aromatic carbocycles. The van der Waals surface area contributed by atoms with Gasteiger partial charge in [0, 0.05) is 0 Å². The number of carboxylic acid groups (broad SMARTS) is 1. The summed E-state index contributed by atoms with van der Waals surface area (Å²) in [5, 5.41) is 26.1. The van der Waals surface area contributed by atoms with E-state index >= 15 is 0 Å². The number of phenols is 1. The number of benzene rings is 1. The van der Waals surface area contributed by atoms with Crippen molar-refractivity contribution in [2.75, 3.05) is 6.54 Å². The van der Waals surface area contributed by atoms with Gasteiger partial charge in [-0.15, -0.1) is 0 Å². The van der Waals surface area contributed by atoms with Gasteiger partial charge < -0.3 is 43.4 Å². The number of unbranched alkanes of at least 4 members (excludes halogenated alkanes) is 1. The first-order valence-corrected chi connectivity index (χ1v) is 12.0. The van der Waals surface area contributed by atoms with Crippen molar-refractivity contribution in [1.82, 2.24) is 16.0 Å². The van der Waals surface area contributed by atoms with E-state index in [2.05, 4.69) is 16.0 Å². The number of primary amides is 1. The third kappa shape index (κ3) is 11.3. The van der Waals surface area contributed by atoms with E-state index in [1.165, 1.54) is 12.1 Å². The van der Waals surface area contributed by atoms with Crippen LogP contribution in [0, 0.1) is 5.92 Å². The average molecular weight is 523 g/mol. The molecule has 0 radical (unpaired) electrons. The van der Waals surface area contributed by atoms with Gasteiger partial charge in [-0.1, -0.05) is 26.0 Å². The lowest BCUT2D eigenvalue weighted by atomic mass is 10.0. The fourth-order valence-corrected chi connectivity index (χ4v) is 3.47. The van der Waals surface area contributed by atoms with Gasteiger partial charge in [0.05, 0.1) is 12.5 Å². The zero-order valence-electron chi connectivity index (χ0n) is 21.1. The maximum atomic E-state index is 13.0. The van der Waals surface area contributed by atoms with E-state index < -0.39 is 66.1 Å². The van der Waals surface area contributed by atoms with E-state index in [1.807, 2.05) is 0 Å². The number of carbonyl (C=O) groups is 5. The summed E-state index contributed by atoms with van der Waals surface area (Å²) in [5.74, 6) is -4.81. The van der Waals surface area contributed by atoms with Gasteiger partial charge in [0.15, 0.2) is 0 Å². The molecule has 0 aliphatic carbocycles. The number of hydrogen-bond donors (Lipinski definition) is 8. The van der Waals surface area contributed by atoms with Crippen LogP contribution in [0.2, 0.25) is 0 Å². The zero-order valence-corrected chi connectivity index (χ0v) is 21.1. The van der Waals surface area contributed by atoms with Crippen molar-refractivity contribution >= 4 is 29.6 Å². The minimum atomic E-state index is -1.41. The maximum Gasteiger partial charge on any atom is 0.326 e. The Balaban J connectivity index is 2.91. The van der Waals surface area contributed by atoms with Gasteiger partial charge in [0.1, 0.15) is 23.9 Å². The molecule has 4 atom stereocenters. The molecular weight excluding hydrogens is 484 g/mol. The van der Waals surface area contributed by atoms with Crippen LogP contribution in [0.4, 0.5) is 0 Å². The Morgan fingerprint density at radius 3 is 2.00 bits per heavy atom. The molecule has 0 aliphatic heterocycles. The normalized spacial score (nSPS) is 14.2. The monoisotopic (exact) mass is 522 g/mol. The van der Waals surface area contributed by atoms with Crippen LogP contribution < -0.4 is 33.2 Å². The predicted octanol–water partition coefficient (Wildman–Crippen LogP) is -1.54. The quantitative estimate of drug-likeness (QED) is 0.117. The smallest absolute Gasteiger partial charge is 0.326 e. The molecular formula is C24H38N6O7. The molecule has 4 amide bonds. The molecule has 0 heterocycles. The lowest BCUT2D eigenvalue weighted by Gasteiger charge is -2.26. The number of rotatable bonds is 16. The highest BCUT2D eigenvalue weighted by molar-refractivity contribution is 5.96. The number of hydrogen-bond acceptors (Lipinski definition) is 8. The van der Waals surface area contributed by atoms with E-state index in [4.69, 9.17) is 17.2 Å². The molecule has 0 saturated heterocycles. The van der Waals surface area contributed by atoms with E-state index in [-0.39, 0.29) is 18.6 Å². The van der Waals surface area contributed by atoms with Crippen LogP contribution in [0.25, 0.3) is 0 Å². The molecule has 13 heteroatoms. The average Bonchev–Trinajstić information content (AvgIpc) is 2.81. The largest absolute Gasteiger partial charge is 0.508 e. The first-order valence-electron chi connectivity index (χ1n) is 12.0. The van der Waals surface area contributed by atoms with Gasteiger partial charge in [0.2, 0.25) is 23.6 Å². The number of nitrogens with one attached hydrogen (secondary N) is 3. The summed E-state index contributed by atoms with van der Waals surface area (Å²) >= 11 is 0. The minimum absolute atomic E-state index is 0.0499. The number of nitrogens with two attached hydrogens (primary N) is 3. The fraction of sp³-hybridized carbons (Fsp3) is 0.542. The van der Waals surface area contributed by atoms with E-state index in [0.717, 1.165) is 0 Å². The number of aromatic hydroxyl groups is 1. The van der Waals surface area contributed by atoms with Crippen LogP contribution in [-0.2, 0) is 30.4 Å². The van der Waals surface area contributed by atoms with Crippen LogP contribution in [0.15, 0.2) is 24.3 Å². The summed E-state index contributed by atoms with van der Waals surface area (Å²) in [6.45, 7) is 3.67. The lowest BCUT2D eigenvalue weighted by Crippen LogP contribution is -2.59. The molecule has 13 nitrogen and oxygen atoms in total. The third-order valence-electron chi connectivity index (χ3n) is 5.58. The Labute approximate surface area is 215 Å². The summed E-state index contributed by atoms with van der Waals surface area (Å²) in [4.78, 5) is 61.6. The number of carboxylic acids is 1. The van der Waals surface area contributed by atoms with Crippen molar-refractivity contribution in [3.63, 3.8) is 0 Å². The predicted molar refractivity (Wildman–Crippen MR) is 135 cm³/mol. The highest BCUT2D eigenvalue weighted by Crippen LogP contribution is 2.11. The molecule has 0 fully saturated rings. The number of amides is 4. The van der Waals surface area contributed by atoms with Gasteiger partial charge in [-0.25, -0.2) is 4.79 Å². The van der Waals surface area contributed by atoms with Crippen molar-refractivity contribution < 1.29 is 34.2 Å². The van der Waals surface area contributed by atoms with E-state index in [1.54, 1.807) is 26.0 Å². The highest BCUT2D eigenvalue weighted by atomic mass is 16.4. The van der Waals surface area contributed by atoms with Crippen LogP contribution in [0.3, 0.4) is 0 Å². The Hall–Kier alpha value is -3.71. The van der Waals surface area contributed by atoms with Gasteiger partial charge in [-0.2, -0.15) is 0 Å². The zero-order chi connectivity index (χ0) is 28.1. The topological polar surface area (TPSA) is 240 Å². The molecule has 206 valence electrons. The van der Waals surface area contributed by atoms with Gasteiger partial charge >= 0.3 is 5.97 Å². The molecule has 11 N–H and O–H groups in total. The Bertz CT molecular complexity index is 938. The molecule has 1 aromatic rings.